The summed E-state index contributed by atoms with van der Waals surface area (Å²) in [5, 5.41) is 0. The molecule has 0 unspecified atom stereocenters. The van der Waals surface area contributed by atoms with Crippen molar-refractivity contribution in [1.82, 2.24) is 4.90 Å². The predicted octanol–water partition coefficient (Wildman–Crippen LogP) is 2.48. The third kappa shape index (κ3) is 3.56. The molecular formula is C17H23NO3. The molecule has 2 aliphatic heterocycles. The van der Waals surface area contributed by atoms with E-state index in [-0.39, 0.29) is 11.3 Å². The fourth-order valence-electron chi connectivity index (χ4n) is 3.32. The number of piperidine rings is 1. The lowest BCUT2D eigenvalue weighted by Gasteiger charge is -2.39. The Hall–Kier alpha value is -1.55. The predicted molar refractivity (Wildman–Crippen MR) is 80.2 cm³/mol. The SMILES string of the molecule is O=C(CCOc1ccccc1)N1CCC[C@]2(CCOC2)C1. The van der Waals surface area contributed by atoms with E-state index in [1.165, 1.54) is 6.42 Å². The number of amides is 1. The molecule has 2 aliphatic rings. The van der Waals surface area contributed by atoms with Gasteiger partial charge in [0.15, 0.2) is 0 Å². The minimum Gasteiger partial charge on any atom is -0.493 e. The second-order valence-corrected chi connectivity index (χ2v) is 6.13. The number of carbonyl (C=O) groups excluding carboxylic acids is 1. The molecule has 1 spiro atoms. The van der Waals surface area contributed by atoms with E-state index in [1.807, 2.05) is 35.2 Å². The molecule has 2 saturated heterocycles. The highest BCUT2D eigenvalue weighted by Gasteiger charge is 2.39. The van der Waals surface area contributed by atoms with Gasteiger partial charge in [-0.2, -0.15) is 0 Å². The Balaban J connectivity index is 1.46. The molecule has 1 amide bonds. The van der Waals surface area contributed by atoms with Gasteiger partial charge in [-0.3, -0.25) is 4.79 Å². The smallest absolute Gasteiger partial charge is 0.226 e. The summed E-state index contributed by atoms with van der Waals surface area (Å²) in [6.45, 7) is 3.85. The van der Waals surface area contributed by atoms with Crippen molar-refractivity contribution in [1.29, 1.82) is 0 Å². The van der Waals surface area contributed by atoms with Crippen molar-refractivity contribution in [3.05, 3.63) is 30.3 Å². The van der Waals surface area contributed by atoms with E-state index in [2.05, 4.69) is 0 Å². The van der Waals surface area contributed by atoms with Gasteiger partial charge in [0.05, 0.1) is 19.6 Å². The van der Waals surface area contributed by atoms with Crippen LogP contribution in [0, 0.1) is 5.41 Å². The Morgan fingerprint density at radius 2 is 2.14 bits per heavy atom. The first-order valence-electron chi connectivity index (χ1n) is 7.81. The molecule has 1 aromatic rings. The number of carbonyl (C=O) groups is 1. The van der Waals surface area contributed by atoms with Gasteiger partial charge in [0.25, 0.3) is 0 Å². The van der Waals surface area contributed by atoms with Crippen LogP contribution in [0.4, 0.5) is 0 Å². The highest BCUT2D eigenvalue weighted by atomic mass is 16.5. The van der Waals surface area contributed by atoms with Crippen LogP contribution in [-0.4, -0.2) is 43.7 Å². The maximum atomic E-state index is 12.3. The molecule has 0 bridgehead atoms. The molecule has 3 rings (SSSR count). The monoisotopic (exact) mass is 289 g/mol. The van der Waals surface area contributed by atoms with Gasteiger partial charge in [0.2, 0.25) is 5.91 Å². The van der Waals surface area contributed by atoms with Crippen LogP contribution in [0.25, 0.3) is 0 Å². The maximum Gasteiger partial charge on any atom is 0.226 e. The van der Waals surface area contributed by atoms with Crippen LogP contribution in [-0.2, 0) is 9.53 Å². The van der Waals surface area contributed by atoms with Crippen LogP contribution in [0.1, 0.15) is 25.7 Å². The zero-order valence-corrected chi connectivity index (χ0v) is 12.4. The topological polar surface area (TPSA) is 38.8 Å². The molecule has 0 aliphatic carbocycles. The Morgan fingerprint density at radius 1 is 1.29 bits per heavy atom. The van der Waals surface area contributed by atoms with Crippen molar-refractivity contribution in [2.24, 2.45) is 5.41 Å². The summed E-state index contributed by atoms with van der Waals surface area (Å²) in [4.78, 5) is 14.3. The van der Waals surface area contributed by atoms with Crippen molar-refractivity contribution >= 4 is 5.91 Å². The van der Waals surface area contributed by atoms with Crippen LogP contribution in [0.2, 0.25) is 0 Å². The number of ether oxygens (including phenoxy) is 2. The standard InChI is InChI=1S/C17H23NO3/c19-16(7-11-21-15-5-2-1-3-6-15)18-10-4-8-17(13-18)9-12-20-14-17/h1-3,5-6H,4,7-14H2/t17-/m0/s1. The highest BCUT2D eigenvalue weighted by Crippen LogP contribution is 2.37. The van der Waals surface area contributed by atoms with E-state index in [4.69, 9.17) is 9.47 Å². The second kappa shape index (κ2) is 6.48. The minimum atomic E-state index is 0.205. The maximum absolute atomic E-state index is 12.3. The number of benzene rings is 1. The summed E-state index contributed by atoms with van der Waals surface area (Å²) in [6.07, 6.45) is 3.83. The van der Waals surface area contributed by atoms with Gasteiger partial charge in [-0.25, -0.2) is 0 Å². The Morgan fingerprint density at radius 3 is 2.90 bits per heavy atom. The zero-order valence-electron chi connectivity index (χ0n) is 12.4. The molecule has 2 fully saturated rings. The van der Waals surface area contributed by atoms with Crippen LogP contribution >= 0.6 is 0 Å². The van der Waals surface area contributed by atoms with E-state index in [0.29, 0.717) is 13.0 Å². The molecule has 4 heteroatoms. The van der Waals surface area contributed by atoms with Crippen molar-refractivity contribution in [2.45, 2.75) is 25.7 Å². The van der Waals surface area contributed by atoms with Crippen LogP contribution in [0.3, 0.4) is 0 Å². The van der Waals surface area contributed by atoms with E-state index in [1.54, 1.807) is 0 Å². The number of hydrogen-bond acceptors (Lipinski definition) is 3. The molecule has 4 nitrogen and oxygen atoms in total. The van der Waals surface area contributed by atoms with Crippen molar-refractivity contribution in [3.63, 3.8) is 0 Å². The van der Waals surface area contributed by atoms with Gasteiger partial charge in [-0.15, -0.1) is 0 Å². The van der Waals surface area contributed by atoms with E-state index >= 15 is 0 Å². The van der Waals surface area contributed by atoms with E-state index < -0.39 is 0 Å². The van der Waals surface area contributed by atoms with Gasteiger partial charge in [0, 0.05) is 25.1 Å². The zero-order chi connectivity index (χ0) is 14.5. The lowest BCUT2D eigenvalue weighted by atomic mass is 9.79. The summed E-state index contributed by atoms with van der Waals surface area (Å²) < 4.78 is 11.2. The van der Waals surface area contributed by atoms with E-state index in [0.717, 1.165) is 44.9 Å². The number of likely N-dealkylation sites (tertiary alicyclic amines) is 1. The lowest BCUT2D eigenvalue weighted by molar-refractivity contribution is -0.135. The summed E-state index contributed by atoms with van der Waals surface area (Å²) in [5.41, 5.74) is 0.230. The average molecular weight is 289 g/mol. The molecule has 21 heavy (non-hydrogen) atoms. The molecule has 0 saturated carbocycles. The largest absolute Gasteiger partial charge is 0.493 e. The third-order valence-electron chi connectivity index (χ3n) is 4.53. The summed E-state index contributed by atoms with van der Waals surface area (Å²) in [7, 11) is 0. The van der Waals surface area contributed by atoms with Gasteiger partial charge < -0.3 is 14.4 Å². The quantitative estimate of drug-likeness (QED) is 0.855. The molecule has 0 aromatic heterocycles. The van der Waals surface area contributed by atoms with Gasteiger partial charge in [-0.1, -0.05) is 18.2 Å². The van der Waals surface area contributed by atoms with Crippen molar-refractivity contribution in [3.8, 4) is 5.75 Å². The first-order chi connectivity index (χ1) is 10.3. The van der Waals surface area contributed by atoms with Gasteiger partial charge in [0.1, 0.15) is 5.75 Å². The summed E-state index contributed by atoms with van der Waals surface area (Å²) in [5.74, 6) is 1.03. The number of rotatable bonds is 4. The molecule has 0 N–H and O–H groups in total. The fraction of sp³-hybridized carbons (Fsp3) is 0.588. The van der Waals surface area contributed by atoms with Gasteiger partial charge in [-0.05, 0) is 31.4 Å². The van der Waals surface area contributed by atoms with Crippen molar-refractivity contribution < 1.29 is 14.3 Å². The number of para-hydroxylation sites is 1. The first-order valence-corrected chi connectivity index (χ1v) is 7.81. The van der Waals surface area contributed by atoms with Gasteiger partial charge >= 0.3 is 0 Å². The Kier molecular flexibility index (Phi) is 4.44. The number of hydrogen-bond donors (Lipinski definition) is 0. The molecule has 1 aromatic carbocycles. The van der Waals surface area contributed by atoms with E-state index in [9.17, 15) is 4.79 Å². The normalized spacial score (nSPS) is 25.2. The van der Waals surface area contributed by atoms with Crippen LogP contribution < -0.4 is 4.74 Å². The summed E-state index contributed by atoms with van der Waals surface area (Å²) in [6, 6.07) is 9.65. The Bertz CT molecular complexity index is 468. The highest BCUT2D eigenvalue weighted by molar-refractivity contribution is 5.76. The number of nitrogens with zero attached hydrogens (tertiary/aromatic N) is 1. The lowest BCUT2D eigenvalue weighted by Crippen LogP contribution is -2.46. The molecule has 2 heterocycles. The average Bonchev–Trinajstić information content (AvgIpc) is 2.96. The molecule has 1 atom stereocenters. The fourth-order valence-corrected chi connectivity index (χ4v) is 3.32. The first kappa shape index (κ1) is 14.4. The molecule has 0 radical (unpaired) electrons. The van der Waals surface area contributed by atoms with Crippen LogP contribution in [0.5, 0.6) is 5.75 Å². The Labute approximate surface area is 126 Å². The minimum absolute atomic E-state index is 0.205. The van der Waals surface area contributed by atoms with Crippen LogP contribution in [0.15, 0.2) is 30.3 Å². The third-order valence-corrected chi connectivity index (χ3v) is 4.53. The second-order valence-electron chi connectivity index (χ2n) is 6.13. The van der Waals surface area contributed by atoms with Crippen molar-refractivity contribution in [2.75, 3.05) is 32.9 Å². The molecular weight excluding hydrogens is 266 g/mol. The summed E-state index contributed by atoms with van der Waals surface area (Å²) >= 11 is 0. The molecule has 114 valence electrons.